The SMILES string of the molecule is CNC(=O)C(Cc1ccccc1)N(Cc1cccc(OC)c1)C(=O)COc1ccc(C)cc1C. The van der Waals surface area contributed by atoms with Crippen LogP contribution in [0.25, 0.3) is 0 Å². The lowest BCUT2D eigenvalue weighted by molar-refractivity contribution is -0.142. The molecule has 1 N–H and O–H groups in total. The fourth-order valence-corrected chi connectivity index (χ4v) is 3.87. The smallest absolute Gasteiger partial charge is 0.261 e. The van der Waals surface area contributed by atoms with Crippen molar-refractivity contribution >= 4 is 11.8 Å². The first-order valence-electron chi connectivity index (χ1n) is 11.3. The molecule has 1 unspecified atom stereocenters. The topological polar surface area (TPSA) is 67.9 Å². The predicted octanol–water partition coefficient (Wildman–Crippen LogP) is 4.08. The maximum atomic E-state index is 13.5. The van der Waals surface area contributed by atoms with Crippen LogP contribution in [0.4, 0.5) is 0 Å². The molecule has 0 radical (unpaired) electrons. The number of amides is 2. The molecular weight excluding hydrogens is 428 g/mol. The van der Waals surface area contributed by atoms with Crippen LogP contribution < -0.4 is 14.8 Å². The summed E-state index contributed by atoms with van der Waals surface area (Å²) >= 11 is 0. The average molecular weight is 461 g/mol. The summed E-state index contributed by atoms with van der Waals surface area (Å²) in [6.45, 7) is 4.03. The minimum Gasteiger partial charge on any atom is -0.497 e. The average Bonchev–Trinajstić information content (AvgIpc) is 2.85. The zero-order valence-corrected chi connectivity index (χ0v) is 20.2. The molecule has 0 aromatic heterocycles. The molecule has 0 bridgehead atoms. The third kappa shape index (κ3) is 6.61. The van der Waals surface area contributed by atoms with Gasteiger partial charge in [-0.15, -0.1) is 0 Å². The van der Waals surface area contributed by atoms with E-state index in [0.29, 0.717) is 17.9 Å². The van der Waals surface area contributed by atoms with Gasteiger partial charge < -0.3 is 19.7 Å². The van der Waals surface area contributed by atoms with E-state index >= 15 is 0 Å². The van der Waals surface area contributed by atoms with Crippen LogP contribution in [-0.2, 0) is 22.6 Å². The second kappa shape index (κ2) is 11.9. The van der Waals surface area contributed by atoms with Crippen molar-refractivity contribution in [2.24, 2.45) is 0 Å². The zero-order valence-electron chi connectivity index (χ0n) is 20.2. The van der Waals surface area contributed by atoms with Crippen LogP contribution in [-0.4, -0.2) is 43.5 Å². The van der Waals surface area contributed by atoms with Crippen LogP contribution in [0.3, 0.4) is 0 Å². The van der Waals surface area contributed by atoms with Gasteiger partial charge in [0.15, 0.2) is 6.61 Å². The number of likely N-dealkylation sites (N-methyl/N-ethyl adjacent to an activating group) is 1. The Balaban J connectivity index is 1.89. The summed E-state index contributed by atoms with van der Waals surface area (Å²) in [7, 11) is 3.18. The molecule has 0 heterocycles. The monoisotopic (exact) mass is 460 g/mol. The summed E-state index contributed by atoms with van der Waals surface area (Å²) < 4.78 is 11.2. The molecule has 3 aromatic carbocycles. The van der Waals surface area contributed by atoms with Crippen molar-refractivity contribution in [1.29, 1.82) is 0 Å². The standard InChI is InChI=1S/C28H32N2O4/c1-20-13-14-26(21(2)15-20)34-19-27(31)30(18-23-11-8-12-24(16-23)33-4)25(28(32)29-3)17-22-9-6-5-7-10-22/h5-16,25H,17-19H2,1-4H3,(H,29,32). The van der Waals surface area contributed by atoms with Crippen LogP contribution in [0.2, 0.25) is 0 Å². The highest BCUT2D eigenvalue weighted by Crippen LogP contribution is 2.21. The Morgan fingerprint density at radius 2 is 1.68 bits per heavy atom. The molecule has 0 spiro atoms. The number of aryl methyl sites for hydroxylation is 2. The highest BCUT2D eigenvalue weighted by atomic mass is 16.5. The quantitative estimate of drug-likeness (QED) is 0.495. The molecule has 0 aliphatic rings. The van der Waals surface area contributed by atoms with Crippen LogP contribution in [0, 0.1) is 13.8 Å². The molecule has 0 saturated carbocycles. The van der Waals surface area contributed by atoms with Crippen molar-refractivity contribution in [2.45, 2.75) is 32.9 Å². The van der Waals surface area contributed by atoms with Gasteiger partial charge in [-0.05, 0) is 48.7 Å². The van der Waals surface area contributed by atoms with Gasteiger partial charge in [-0.3, -0.25) is 9.59 Å². The molecule has 2 amide bonds. The third-order valence-corrected chi connectivity index (χ3v) is 5.69. The molecule has 6 heteroatoms. The molecule has 6 nitrogen and oxygen atoms in total. The highest BCUT2D eigenvalue weighted by Gasteiger charge is 2.30. The molecular formula is C28H32N2O4. The molecule has 0 aliphatic carbocycles. The maximum absolute atomic E-state index is 13.5. The number of nitrogens with zero attached hydrogens (tertiary/aromatic N) is 1. The predicted molar refractivity (Wildman–Crippen MR) is 133 cm³/mol. The molecule has 3 rings (SSSR count). The van der Waals surface area contributed by atoms with Crippen molar-refractivity contribution in [1.82, 2.24) is 10.2 Å². The van der Waals surface area contributed by atoms with E-state index in [4.69, 9.17) is 9.47 Å². The van der Waals surface area contributed by atoms with E-state index in [1.165, 1.54) is 0 Å². The van der Waals surface area contributed by atoms with Crippen molar-refractivity contribution < 1.29 is 19.1 Å². The Hall–Kier alpha value is -3.80. The van der Waals surface area contributed by atoms with Crippen LogP contribution in [0.1, 0.15) is 22.3 Å². The summed E-state index contributed by atoms with van der Waals surface area (Å²) in [5.74, 6) is 0.842. The summed E-state index contributed by atoms with van der Waals surface area (Å²) in [6.07, 6.45) is 0.389. The minimum absolute atomic E-state index is 0.170. The van der Waals surface area contributed by atoms with Gasteiger partial charge >= 0.3 is 0 Å². The third-order valence-electron chi connectivity index (χ3n) is 5.69. The van der Waals surface area contributed by atoms with Crippen LogP contribution >= 0.6 is 0 Å². The highest BCUT2D eigenvalue weighted by molar-refractivity contribution is 5.88. The first-order valence-corrected chi connectivity index (χ1v) is 11.3. The van der Waals surface area contributed by atoms with Gasteiger partial charge in [0.05, 0.1) is 7.11 Å². The largest absolute Gasteiger partial charge is 0.497 e. The lowest BCUT2D eigenvalue weighted by Gasteiger charge is -2.31. The van der Waals surface area contributed by atoms with Crippen molar-refractivity contribution in [3.05, 3.63) is 95.1 Å². The lowest BCUT2D eigenvalue weighted by atomic mass is 10.0. The van der Waals surface area contributed by atoms with E-state index in [9.17, 15) is 9.59 Å². The summed E-state index contributed by atoms with van der Waals surface area (Å²) in [6, 6.07) is 22.3. The van der Waals surface area contributed by atoms with Crippen LogP contribution in [0.15, 0.2) is 72.8 Å². The van der Waals surface area contributed by atoms with Gasteiger partial charge in [-0.25, -0.2) is 0 Å². The Morgan fingerprint density at radius 3 is 2.35 bits per heavy atom. The van der Waals surface area contributed by atoms with Gasteiger partial charge in [0.2, 0.25) is 5.91 Å². The molecule has 34 heavy (non-hydrogen) atoms. The fourth-order valence-electron chi connectivity index (χ4n) is 3.87. The zero-order chi connectivity index (χ0) is 24.5. The van der Waals surface area contributed by atoms with Gasteiger partial charge in [-0.1, -0.05) is 60.2 Å². The summed E-state index contributed by atoms with van der Waals surface area (Å²) in [4.78, 5) is 28.1. The second-order valence-corrected chi connectivity index (χ2v) is 8.25. The van der Waals surface area contributed by atoms with Crippen molar-refractivity contribution in [3.8, 4) is 11.5 Å². The number of hydrogen-bond donors (Lipinski definition) is 1. The van der Waals surface area contributed by atoms with Gasteiger partial charge in [0.1, 0.15) is 17.5 Å². The Morgan fingerprint density at radius 1 is 0.941 bits per heavy atom. The molecule has 0 saturated heterocycles. The van der Waals surface area contributed by atoms with E-state index < -0.39 is 6.04 Å². The molecule has 0 fully saturated rings. The second-order valence-electron chi connectivity index (χ2n) is 8.25. The lowest BCUT2D eigenvalue weighted by Crippen LogP contribution is -2.51. The van der Waals surface area contributed by atoms with E-state index in [0.717, 1.165) is 22.3 Å². The van der Waals surface area contributed by atoms with E-state index in [2.05, 4.69) is 5.32 Å². The maximum Gasteiger partial charge on any atom is 0.261 e. The van der Waals surface area contributed by atoms with E-state index in [-0.39, 0.29) is 25.0 Å². The number of carbonyl (C=O) groups excluding carboxylic acids is 2. The summed E-state index contributed by atoms with van der Waals surface area (Å²) in [5.41, 5.74) is 3.91. The number of hydrogen-bond acceptors (Lipinski definition) is 4. The van der Waals surface area contributed by atoms with E-state index in [1.54, 1.807) is 19.1 Å². The minimum atomic E-state index is -0.700. The number of ether oxygens (including phenoxy) is 2. The molecule has 178 valence electrons. The van der Waals surface area contributed by atoms with Crippen molar-refractivity contribution in [2.75, 3.05) is 20.8 Å². The van der Waals surface area contributed by atoms with Crippen LogP contribution in [0.5, 0.6) is 11.5 Å². The number of carbonyl (C=O) groups is 2. The van der Waals surface area contributed by atoms with Gasteiger partial charge in [-0.2, -0.15) is 0 Å². The number of rotatable bonds is 10. The molecule has 3 aromatic rings. The summed E-state index contributed by atoms with van der Waals surface area (Å²) in [5, 5.41) is 2.72. The van der Waals surface area contributed by atoms with E-state index in [1.807, 2.05) is 86.6 Å². The number of methoxy groups -OCH3 is 1. The molecule has 1 atom stereocenters. The number of benzene rings is 3. The first-order chi connectivity index (χ1) is 16.4. The number of nitrogens with one attached hydrogen (secondary N) is 1. The Kier molecular flexibility index (Phi) is 8.68. The first kappa shape index (κ1) is 24.8. The van der Waals surface area contributed by atoms with Crippen molar-refractivity contribution in [3.63, 3.8) is 0 Å². The fraction of sp³-hybridized carbons (Fsp3) is 0.286. The molecule has 0 aliphatic heterocycles. The van der Waals surface area contributed by atoms with Gasteiger partial charge in [0, 0.05) is 20.0 Å². The normalized spacial score (nSPS) is 11.4. The Bertz CT molecular complexity index is 1110. The van der Waals surface area contributed by atoms with Gasteiger partial charge in [0.25, 0.3) is 5.91 Å². The Labute approximate surface area is 201 Å².